The summed E-state index contributed by atoms with van der Waals surface area (Å²) in [5, 5.41) is 9.39. The zero-order valence-electron chi connectivity index (χ0n) is 10.5. The zero-order chi connectivity index (χ0) is 13.5. The molecule has 1 aromatic heterocycles. The summed E-state index contributed by atoms with van der Waals surface area (Å²) >= 11 is 1.10. The third-order valence-electron chi connectivity index (χ3n) is 2.31. The lowest BCUT2D eigenvalue weighted by Gasteiger charge is -2.15. The van der Waals surface area contributed by atoms with Gasteiger partial charge in [-0.05, 0) is 6.42 Å². The topological polar surface area (TPSA) is 86.3 Å². The van der Waals surface area contributed by atoms with Gasteiger partial charge in [0.1, 0.15) is 0 Å². The van der Waals surface area contributed by atoms with Gasteiger partial charge >= 0.3 is 0 Å². The number of H-pyrrole nitrogens is 1. The molecule has 6 nitrogen and oxygen atoms in total. The summed E-state index contributed by atoms with van der Waals surface area (Å²) in [7, 11) is 1.75. The van der Waals surface area contributed by atoms with Gasteiger partial charge in [-0.3, -0.25) is 9.59 Å². The van der Waals surface area contributed by atoms with Crippen LogP contribution in [0.4, 0.5) is 0 Å². The fourth-order valence-corrected chi connectivity index (χ4v) is 2.06. The van der Waals surface area contributed by atoms with Crippen LogP contribution in [0.15, 0.2) is 16.0 Å². The smallest absolute Gasteiger partial charge is 0.255 e. The van der Waals surface area contributed by atoms with Crippen LogP contribution < -0.4 is 5.56 Å². The van der Waals surface area contributed by atoms with Crippen molar-refractivity contribution in [2.45, 2.75) is 24.9 Å². The van der Waals surface area contributed by atoms with Crippen molar-refractivity contribution < 1.29 is 9.90 Å². The molecule has 0 fully saturated rings. The molecule has 0 spiro atoms. The van der Waals surface area contributed by atoms with E-state index in [4.69, 9.17) is 5.11 Å². The van der Waals surface area contributed by atoms with Gasteiger partial charge in [0.2, 0.25) is 11.8 Å². The Hall–Kier alpha value is -1.50. The molecular weight excluding hydrogens is 254 g/mol. The predicted molar refractivity (Wildman–Crippen MR) is 69.8 cm³/mol. The van der Waals surface area contributed by atoms with Gasteiger partial charge in [0, 0.05) is 13.6 Å². The van der Waals surface area contributed by atoms with Crippen molar-refractivity contribution in [1.82, 2.24) is 14.9 Å². The number of aromatic hydroxyl groups is 1. The van der Waals surface area contributed by atoms with E-state index >= 15 is 0 Å². The molecule has 0 radical (unpaired) electrons. The maximum Gasteiger partial charge on any atom is 0.255 e. The molecular formula is C11H17N3O3S. The van der Waals surface area contributed by atoms with Gasteiger partial charge in [-0.25, -0.2) is 0 Å². The van der Waals surface area contributed by atoms with Gasteiger partial charge in [-0.15, -0.1) is 0 Å². The van der Waals surface area contributed by atoms with E-state index in [-0.39, 0.29) is 22.7 Å². The van der Waals surface area contributed by atoms with Crippen molar-refractivity contribution in [3.8, 4) is 5.88 Å². The summed E-state index contributed by atoms with van der Waals surface area (Å²) < 4.78 is 0. The third kappa shape index (κ3) is 4.79. The number of nitrogens with zero attached hydrogens (tertiary/aromatic N) is 2. The molecule has 2 N–H and O–H groups in total. The largest absolute Gasteiger partial charge is 0.493 e. The number of amides is 1. The Morgan fingerprint density at radius 3 is 2.94 bits per heavy atom. The molecule has 18 heavy (non-hydrogen) atoms. The van der Waals surface area contributed by atoms with E-state index in [0.717, 1.165) is 37.2 Å². The fraction of sp³-hybridized carbons (Fsp3) is 0.545. The molecule has 0 aliphatic heterocycles. The van der Waals surface area contributed by atoms with Crippen LogP contribution >= 0.6 is 11.8 Å². The highest BCUT2D eigenvalue weighted by atomic mass is 32.2. The van der Waals surface area contributed by atoms with Gasteiger partial charge in [-0.2, -0.15) is 4.98 Å². The molecule has 7 heteroatoms. The average molecular weight is 271 g/mol. The van der Waals surface area contributed by atoms with Gasteiger partial charge < -0.3 is 15.0 Å². The highest BCUT2D eigenvalue weighted by Gasteiger charge is 2.10. The van der Waals surface area contributed by atoms with Gasteiger partial charge in [0.25, 0.3) is 5.56 Å². The fourth-order valence-electron chi connectivity index (χ4n) is 1.25. The van der Waals surface area contributed by atoms with Crippen molar-refractivity contribution in [2.75, 3.05) is 19.3 Å². The second-order valence-electron chi connectivity index (χ2n) is 3.87. The van der Waals surface area contributed by atoms with E-state index in [1.165, 1.54) is 0 Å². The van der Waals surface area contributed by atoms with Gasteiger partial charge in [-0.1, -0.05) is 25.1 Å². The van der Waals surface area contributed by atoms with Crippen molar-refractivity contribution in [2.24, 2.45) is 0 Å². The molecule has 0 bridgehead atoms. The van der Waals surface area contributed by atoms with Crippen molar-refractivity contribution >= 4 is 17.7 Å². The Morgan fingerprint density at radius 2 is 2.33 bits per heavy atom. The van der Waals surface area contributed by atoms with Crippen LogP contribution in [0.3, 0.4) is 0 Å². The Bertz CT molecular complexity index is 461. The van der Waals surface area contributed by atoms with E-state index in [2.05, 4.69) is 16.9 Å². The molecule has 0 saturated carbocycles. The van der Waals surface area contributed by atoms with E-state index in [9.17, 15) is 9.59 Å². The molecule has 0 aliphatic carbocycles. The molecule has 1 amide bonds. The summed E-state index contributed by atoms with van der Waals surface area (Å²) in [6, 6.07) is 0.985. The van der Waals surface area contributed by atoms with Crippen LogP contribution in [0.1, 0.15) is 19.8 Å². The first-order chi connectivity index (χ1) is 8.52. The molecule has 100 valence electrons. The van der Waals surface area contributed by atoms with Crippen LogP contribution in [0.5, 0.6) is 5.88 Å². The normalized spacial score (nSPS) is 10.3. The van der Waals surface area contributed by atoms with Crippen LogP contribution in [-0.2, 0) is 4.79 Å². The first-order valence-corrected chi connectivity index (χ1v) is 6.68. The SMILES string of the molecule is CCCCN(C)C(=O)CSc1nc(O)cc(=O)[nH]1. The first kappa shape index (κ1) is 14.6. The van der Waals surface area contributed by atoms with Crippen molar-refractivity contribution in [1.29, 1.82) is 0 Å². The number of rotatable bonds is 6. The number of unbranched alkanes of at least 4 members (excludes halogenated alkanes) is 1. The monoisotopic (exact) mass is 271 g/mol. The van der Waals surface area contributed by atoms with Crippen LogP contribution in [0.2, 0.25) is 0 Å². The summed E-state index contributed by atoms with van der Waals surface area (Å²) in [5.41, 5.74) is -0.434. The Kier molecular flexibility index (Phi) is 5.70. The second-order valence-corrected chi connectivity index (χ2v) is 4.83. The van der Waals surface area contributed by atoms with E-state index in [1.54, 1.807) is 11.9 Å². The summed E-state index contributed by atoms with van der Waals surface area (Å²) in [6.45, 7) is 2.79. The van der Waals surface area contributed by atoms with Crippen LogP contribution in [-0.4, -0.2) is 45.2 Å². The number of hydrogen-bond donors (Lipinski definition) is 2. The number of aromatic nitrogens is 2. The predicted octanol–water partition coefficient (Wildman–Crippen LogP) is 0.826. The van der Waals surface area contributed by atoms with E-state index in [0.29, 0.717) is 0 Å². The second kappa shape index (κ2) is 7.05. The highest BCUT2D eigenvalue weighted by Crippen LogP contribution is 2.13. The molecule has 1 heterocycles. The summed E-state index contributed by atoms with van der Waals surface area (Å²) in [5.74, 6) is -0.181. The first-order valence-electron chi connectivity index (χ1n) is 5.70. The van der Waals surface area contributed by atoms with E-state index in [1.807, 2.05) is 0 Å². The van der Waals surface area contributed by atoms with E-state index < -0.39 is 5.56 Å². The lowest BCUT2D eigenvalue weighted by Crippen LogP contribution is -2.29. The molecule has 1 aromatic rings. The number of aromatic amines is 1. The third-order valence-corrected chi connectivity index (χ3v) is 3.17. The molecule has 0 saturated heterocycles. The Labute approximate surface area is 109 Å². The summed E-state index contributed by atoms with van der Waals surface area (Å²) in [6.07, 6.45) is 2.00. The summed E-state index contributed by atoms with van der Waals surface area (Å²) in [4.78, 5) is 30.6. The molecule has 0 atom stereocenters. The maximum atomic E-state index is 11.7. The number of nitrogens with one attached hydrogen (secondary N) is 1. The molecule has 0 aromatic carbocycles. The quantitative estimate of drug-likeness (QED) is 0.591. The Balaban J connectivity index is 2.49. The number of carbonyl (C=O) groups excluding carboxylic acids is 1. The standard InChI is InChI=1S/C11H17N3O3S/c1-3-4-5-14(2)10(17)7-18-11-12-8(15)6-9(16)13-11/h6H,3-5,7H2,1-2H3,(H2,12,13,15,16). The number of thioether (sulfide) groups is 1. The number of carbonyl (C=O) groups is 1. The maximum absolute atomic E-state index is 11.7. The lowest BCUT2D eigenvalue weighted by atomic mass is 10.3. The minimum atomic E-state index is -0.434. The molecule has 0 unspecified atom stereocenters. The minimum Gasteiger partial charge on any atom is -0.493 e. The minimum absolute atomic E-state index is 0.0283. The Morgan fingerprint density at radius 1 is 1.61 bits per heavy atom. The van der Waals surface area contributed by atoms with Gasteiger partial charge in [0.05, 0.1) is 11.8 Å². The molecule has 1 rings (SSSR count). The van der Waals surface area contributed by atoms with Crippen molar-refractivity contribution in [3.05, 3.63) is 16.4 Å². The van der Waals surface area contributed by atoms with Crippen molar-refractivity contribution in [3.63, 3.8) is 0 Å². The van der Waals surface area contributed by atoms with Gasteiger partial charge in [0.15, 0.2) is 5.16 Å². The lowest BCUT2D eigenvalue weighted by molar-refractivity contribution is -0.127. The average Bonchev–Trinajstić information content (AvgIpc) is 2.31. The zero-order valence-corrected chi connectivity index (χ0v) is 11.3. The molecule has 0 aliphatic rings. The van der Waals surface area contributed by atoms with Crippen LogP contribution in [0.25, 0.3) is 0 Å². The van der Waals surface area contributed by atoms with Crippen LogP contribution in [0, 0.1) is 0 Å². The highest BCUT2D eigenvalue weighted by molar-refractivity contribution is 7.99. The number of hydrogen-bond acceptors (Lipinski definition) is 5.